The van der Waals surface area contributed by atoms with Crippen LogP contribution in [0.25, 0.3) is 0 Å². The number of aromatic amines is 2. The number of carbonyl (C=O) groups excluding carboxylic acids is 1. The lowest BCUT2D eigenvalue weighted by atomic mass is 9.77. The highest BCUT2D eigenvalue weighted by Gasteiger charge is 2.42. The zero-order chi connectivity index (χ0) is 27.6. The van der Waals surface area contributed by atoms with Crippen LogP contribution in [0, 0.1) is 5.41 Å². The lowest BCUT2D eigenvalue weighted by Gasteiger charge is -2.42. The summed E-state index contributed by atoms with van der Waals surface area (Å²) in [6.07, 6.45) is 13.3. The third-order valence-corrected chi connectivity index (χ3v) is 9.61. The molecule has 1 amide bonds. The highest BCUT2D eigenvalue weighted by Crippen LogP contribution is 2.42. The first-order chi connectivity index (χ1) is 20.1. The number of hydrogen-bond acceptors (Lipinski definition) is 5. The Bertz CT molecular complexity index is 1380. The summed E-state index contributed by atoms with van der Waals surface area (Å²) in [5, 5.41) is 0. The van der Waals surface area contributed by atoms with Crippen molar-refractivity contribution in [1.82, 2.24) is 34.6 Å². The van der Waals surface area contributed by atoms with Gasteiger partial charge in [0, 0.05) is 49.5 Å². The second-order valence-electron chi connectivity index (χ2n) is 12.3. The second-order valence-corrected chi connectivity index (χ2v) is 12.3. The van der Waals surface area contributed by atoms with Crippen molar-refractivity contribution in [2.75, 3.05) is 26.2 Å². The summed E-state index contributed by atoms with van der Waals surface area (Å²) in [6, 6.07) is 17.9. The van der Waals surface area contributed by atoms with Crippen LogP contribution in [0.5, 0.6) is 0 Å². The fraction of sp³-hybridized carbons (Fsp3) is 0.424. The minimum Gasteiger partial charge on any atom is -0.347 e. The largest absolute Gasteiger partial charge is 0.347 e. The maximum Gasteiger partial charge on any atom is 0.254 e. The van der Waals surface area contributed by atoms with E-state index in [4.69, 9.17) is 0 Å². The molecule has 212 valence electrons. The fourth-order valence-corrected chi connectivity index (χ4v) is 7.25. The number of amides is 1. The van der Waals surface area contributed by atoms with Gasteiger partial charge in [0.25, 0.3) is 5.91 Å². The van der Waals surface area contributed by atoms with Crippen molar-refractivity contribution in [2.24, 2.45) is 5.41 Å². The molecule has 8 heteroatoms. The molecule has 8 nitrogen and oxygen atoms in total. The SMILES string of the molecule is O=C(c1ccc(CN2CCC3(CCN(C4Cc5ccccc5C4)CC3)C2)cc1)N(Cc1ncc[nH]1)Cc1ncc[nH]1. The van der Waals surface area contributed by atoms with Gasteiger partial charge in [0.15, 0.2) is 0 Å². The number of hydrogen-bond donors (Lipinski definition) is 2. The van der Waals surface area contributed by atoms with E-state index in [1.54, 1.807) is 40.8 Å². The molecule has 4 aromatic rings. The first kappa shape index (κ1) is 26.2. The van der Waals surface area contributed by atoms with Crippen molar-refractivity contribution in [2.45, 2.75) is 57.8 Å². The van der Waals surface area contributed by atoms with E-state index in [0.29, 0.717) is 30.1 Å². The van der Waals surface area contributed by atoms with Crippen molar-refractivity contribution < 1.29 is 4.79 Å². The number of likely N-dealkylation sites (tertiary alicyclic amines) is 2. The molecular formula is C33H39N7O. The summed E-state index contributed by atoms with van der Waals surface area (Å²) in [7, 11) is 0. The Balaban J connectivity index is 0.934. The van der Waals surface area contributed by atoms with Crippen LogP contribution in [0.15, 0.2) is 73.3 Å². The van der Waals surface area contributed by atoms with Crippen LogP contribution in [-0.4, -0.2) is 72.8 Å². The van der Waals surface area contributed by atoms with Crippen LogP contribution >= 0.6 is 0 Å². The molecule has 0 bridgehead atoms. The Morgan fingerprint density at radius 2 is 1.46 bits per heavy atom. The Labute approximate surface area is 241 Å². The Morgan fingerprint density at radius 1 is 0.854 bits per heavy atom. The fourth-order valence-electron chi connectivity index (χ4n) is 7.25. The van der Waals surface area contributed by atoms with Crippen molar-refractivity contribution >= 4 is 5.91 Å². The van der Waals surface area contributed by atoms with Gasteiger partial charge in [-0.2, -0.15) is 0 Å². The van der Waals surface area contributed by atoms with Gasteiger partial charge < -0.3 is 14.9 Å². The van der Waals surface area contributed by atoms with E-state index < -0.39 is 0 Å². The smallest absolute Gasteiger partial charge is 0.254 e. The summed E-state index contributed by atoms with van der Waals surface area (Å²) < 4.78 is 0. The van der Waals surface area contributed by atoms with E-state index in [1.165, 1.54) is 57.3 Å². The van der Waals surface area contributed by atoms with Gasteiger partial charge in [-0.15, -0.1) is 0 Å². The number of piperidine rings is 1. The summed E-state index contributed by atoms with van der Waals surface area (Å²) >= 11 is 0. The molecule has 1 aliphatic carbocycles. The minimum atomic E-state index is -0.0263. The zero-order valence-electron chi connectivity index (χ0n) is 23.6. The summed E-state index contributed by atoms with van der Waals surface area (Å²) in [5.74, 6) is 1.48. The molecule has 0 atom stereocenters. The number of H-pyrrole nitrogens is 2. The van der Waals surface area contributed by atoms with Gasteiger partial charge in [-0.25, -0.2) is 9.97 Å². The minimum absolute atomic E-state index is 0.0263. The van der Waals surface area contributed by atoms with Crippen LogP contribution in [0.2, 0.25) is 0 Å². The summed E-state index contributed by atoms with van der Waals surface area (Å²) in [4.78, 5) is 35.5. The lowest BCUT2D eigenvalue weighted by molar-refractivity contribution is 0.0721. The van der Waals surface area contributed by atoms with Crippen molar-refractivity contribution in [3.05, 3.63) is 107 Å². The zero-order valence-corrected chi connectivity index (χ0v) is 23.6. The predicted octanol–water partition coefficient (Wildman–Crippen LogP) is 4.43. The Kier molecular flexibility index (Phi) is 7.19. The van der Waals surface area contributed by atoms with Gasteiger partial charge in [0.1, 0.15) is 11.6 Å². The highest BCUT2D eigenvalue weighted by atomic mass is 16.2. The number of benzene rings is 2. The molecule has 3 aliphatic rings. The molecule has 2 aliphatic heterocycles. The summed E-state index contributed by atoms with van der Waals surface area (Å²) in [5.41, 5.74) is 5.53. The van der Waals surface area contributed by atoms with Gasteiger partial charge in [-0.3, -0.25) is 14.6 Å². The van der Waals surface area contributed by atoms with Crippen LogP contribution in [0.1, 0.15) is 58.0 Å². The normalized spacial score (nSPS) is 19.1. The van der Waals surface area contributed by atoms with E-state index in [9.17, 15) is 4.79 Å². The van der Waals surface area contributed by atoms with Gasteiger partial charge in [0.2, 0.25) is 0 Å². The molecule has 41 heavy (non-hydrogen) atoms. The van der Waals surface area contributed by atoms with Crippen molar-refractivity contribution in [1.29, 1.82) is 0 Å². The Hall–Kier alpha value is -3.75. The molecule has 0 unspecified atom stereocenters. The molecule has 2 aromatic heterocycles. The van der Waals surface area contributed by atoms with Gasteiger partial charge in [0.05, 0.1) is 13.1 Å². The number of rotatable bonds is 8. The topological polar surface area (TPSA) is 84.2 Å². The third-order valence-electron chi connectivity index (χ3n) is 9.61. The molecule has 2 fully saturated rings. The molecule has 7 rings (SSSR count). The molecule has 2 saturated heterocycles. The highest BCUT2D eigenvalue weighted by molar-refractivity contribution is 5.94. The lowest BCUT2D eigenvalue weighted by Crippen LogP contribution is -2.46. The molecule has 1 spiro atoms. The molecule has 4 heterocycles. The molecule has 2 aromatic carbocycles. The number of nitrogens with zero attached hydrogens (tertiary/aromatic N) is 5. The van der Waals surface area contributed by atoms with Gasteiger partial charge in [-0.1, -0.05) is 36.4 Å². The summed E-state index contributed by atoms with van der Waals surface area (Å²) in [6.45, 7) is 6.55. The van der Waals surface area contributed by atoms with E-state index in [-0.39, 0.29) is 5.91 Å². The standard InChI is InChI=1S/C33H39N7O/c41-32(40(22-30-34-12-13-35-30)23-31-36-14-15-37-31)26-7-5-25(6-8-26)21-38-16-9-33(24-38)10-17-39(18-11-33)29-19-27-3-1-2-4-28(27)20-29/h1-8,12-15,29H,9-11,16-24H2,(H,34,35)(H,36,37). The number of aromatic nitrogens is 4. The number of nitrogens with one attached hydrogen (secondary N) is 2. The average Bonchev–Trinajstić information content (AvgIpc) is 3.82. The van der Waals surface area contributed by atoms with Crippen LogP contribution in [0.4, 0.5) is 0 Å². The van der Waals surface area contributed by atoms with Crippen LogP contribution < -0.4 is 0 Å². The van der Waals surface area contributed by atoms with E-state index >= 15 is 0 Å². The monoisotopic (exact) mass is 549 g/mol. The third kappa shape index (κ3) is 5.72. The second kappa shape index (κ2) is 11.3. The van der Waals surface area contributed by atoms with Gasteiger partial charge >= 0.3 is 0 Å². The number of carbonyl (C=O) groups is 1. The number of fused-ring (bicyclic) bond motifs is 1. The van der Waals surface area contributed by atoms with E-state index in [0.717, 1.165) is 24.7 Å². The predicted molar refractivity (Wildman–Crippen MR) is 158 cm³/mol. The van der Waals surface area contributed by atoms with Gasteiger partial charge in [-0.05, 0) is 86.0 Å². The number of imidazole rings is 2. The quantitative estimate of drug-likeness (QED) is 0.340. The Morgan fingerprint density at radius 3 is 2.05 bits per heavy atom. The maximum atomic E-state index is 13.5. The molecule has 0 radical (unpaired) electrons. The molecule has 0 saturated carbocycles. The van der Waals surface area contributed by atoms with Crippen molar-refractivity contribution in [3.8, 4) is 0 Å². The molecular weight excluding hydrogens is 510 g/mol. The van der Waals surface area contributed by atoms with E-state index in [2.05, 4.69) is 66.1 Å². The average molecular weight is 550 g/mol. The van der Waals surface area contributed by atoms with Crippen LogP contribution in [-0.2, 0) is 32.5 Å². The molecule has 2 N–H and O–H groups in total. The first-order valence-electron chi connectivity index (χ1n) is 15.0. The first-order valence-corrected chi connectivity index (χ1v) is 15.0. The maximum absolute atomic E-state index is 13.5. The van der Waals surface area contributed by atoms with Crippen molar-refractivity contribution in [3.63, 3.8) is 0 Å². The van der Waals surface area contributed by atoms with Crippen LogP contribution in [0.3, 0.4) is 0 Å². The van der Waals surface area contributed by atoms with E-state index in [1.807, 2.05) is 12.1 Å².